The van der Waals surface area contributed by atoms with E-state index < -0.39 is 5.97 Å². The highest BCUT2D eigenvalue weighted by Crippen LogP contribution is 2.44. The highest BCUT2D eigenvalue weighted by atomic mass is 16.4. The van der Waals surface area contributed by atoms with Gasteiger partial charge in [0, 0.05) is 0 Å². The molecule has 2 heteroatoms. The topological polar surface area (TPSA) is 37.3 Å². The van der Waals surface area contributed by atoms with Crippen molar-refractivity contribution in [3.8, 4) is 0 Å². The van der Waals surface area contributed by atoms with Crippen molar-refractivity contribution in [2.24, 2.45) is 17.8 Å². The number of hydrogen-bond acceptors (Lipinski definition) is 1. The van der Waals surface area contributed by atoms with Gasteiger partial charge in [-0.3, -0.25) is 4.79 Å². The number of aliphatic carboxylic acids is 1. The quantitative estimate of drug-likeness (QED) is 0.626. The molecule has 0 aromatic rings. The highest BCUT2D eigenvalue weighted by molar-refractivity contribution is 5.70. The molecule has 2 saturated carbocycles. The van der Waals surface area contributed by atoms with Crippen LogP contribution in [0.5, 0.6) is 0 Å². The molecule has 0 aromatic carbocycles. The Balaban J connectivity index is 2.02. The van der Waals surface area contributed by atoms with Crippen LogP contribution < -0.4 is 0 Å². The van der Waals surface area contributed by atoms with Crippen LogP contribution in [0.25, 0.3) is 0 Å². The Hall–Kier alpha value is -0.530. The Morgan fingerprint density at radius 1 is 1.09 bits per heavy atom. The van der Waals surface area contributed by atoms with Gasteiger partial charge in [0.15, 0.2) is 0 Å². The summed E-state index contributed by atoms with van der Waals surface area (Å²) >= 11 is 0. The van der Waals surface area contributed by atoms with E-state index in [2.05, 4.69) is 0 Å². The van der Waals surface area contributed by atoms with Crippen molar-refractivity contribution >= 4 is 5.97 Å². The van der Waals surface area contributed by atoms with E-state index in [4.69, 9.17) is 5.11 Å². The fraction of sp³-hybridized carbons (Fsp3) is 0.889. The molecular formula is C9H14O2. The zero-order chi connectivity index (χ0) is 7.84. The van der Waals surface area contributed by atoms with Gasteiger partial charge in [0.2, 0.25) is 0 Å². The van der Waals surface area contributed by atoms with Crippen LogP contribution in [0.4, 0.5) is 0 Å². The van der Waals surface area contributed by atoms with Gasteiger partial charge in [0.1, 0.15) is 0 Å². The average Bonchev–Trinajstić information content (AvgIpc) is 2.30. The molecular weight excluding hydrogens is 140 g/mol. The minimum Gasteiger partial charge on any atom is -0.481 e. The normalized spacial score (nSPS) is 42.4. The summed E-state index contributed by atoms with van der Waals surface area (Å²) in [6, 6.07) is 0. The van der Waals surface area contributed by atoms with Crippen LogP contribution in [0, 0.1) is 17.8 Å². The van der Waals surface area contributed by atoms with Crippen LogP contribution in [0.15, 0.2) is 0 Å². The Kier molecular flexibility index (Phi) is 1.63. The molecule has 2 atom stereocenters. The highest BCUT2D eigenvalue weighted by Gasteiger charge is 2.36. The van der Waals surface area contributed by atoms with Crippen molar-refractivity contribution < 1.29 is 9.90 Å². The van der Waals surface area contributed by atoms with Crippen molar-refractivity contribution in [3.63, 3.8) is 0 Å². The van der Waals surface area contributed by atoms with Gasteiger partial charge in [0.05, 0.1) is 5.92 Å². The van der Waals surface area contributed by atoms with E-state index in [1.807, 2.05) is 0 Å². The minimum absolute atomic E-state index is 0.0127. The average molecular weight is 154 g/mol. The minimum atomic E-state index is -0.568. The van der Waals surface area contributed by atoms with Crippen molar-refractivity contribution in [2.45, 2.75) is 32.1 Å². The lowest BCUT2D eigenvalue weighted by Gasteiger charge is -2.24. The first-order chi connectivity index (χ1) is 5.25. The largest absolute Gasteiger partial charge is 0.481 e. The van der Waals surface area contributed by atoms with Crippen molar-refractivity contribution in [3.05, 3.63) is 0 Å². The zero-order valence-electron chi connectivity index (χ0n) is 6.62. The van der Waals surface area contributed by atoms with Crippen LogP contribution in [0.1, 0.15) is 32.1 Å². The zero-order valence-corrected chi connectivity index (χ0v) is 6.62. The summed E-state index contributed by atoms with van der Waals surface area (Å²) in [5.41, 5.74) is 0. The number of carboxylic acid groups (broad SMARTS) is 1. The van der Waals surface area contributed by atoms with Crippen LogP contribution >= 0.6 is 0 Å². The summed E-state index contributed by atoms with van der Waals surface area (Å²) in [5.74, 6) is 0.910. The second-order valence-corrected chi connectivity index (χ2v) is 4.05. The Morgan fingerprint density at radius 2 is 1.64 bits per heavy atom. The molecule has 2 bridgehead atoms. The van der Waals surface area contributed by atoms with Crippen LogP contribution in [0.2, 0.25) is 0 Å². The molecule has 1 N–H and O–H groups in total. The van der Waals surface area contributed by atoms with Gasteiger partial charge in [-0.2, -0.15) is 0 Å². The fourth-order valence-electron chi connectivity index (χ4n) is 2.71. The van der Waals surface area contributed by atoms with E-state index in [1.165, 1.54) is 19.3 Å². The first-order valence-electron chi connectivity index (χ1n) is 4.48. The number of hydrogen-bond donors (Lipinski definition) is 1. The van der Waals surface area contributed by atoms with Gasteiger partial charge in [-0.05, 0) is 31.1 Å². The third kappa shape index (κ3) is 1.26. The molecule has 62 valence electrons. The number of fused-ring (bicyclic) bond motifs is 2. The molecule has 2 rings (SSSR count). The lowest BCUT2D eigenvalue weighted by Crippen LogP contribution is -2.22. The summed E-state index contributed by atoms with van der Waals surface area (Å²) in [6.45, 7) is 0. The van der Waals surface area contributed by atoms with E-state index in [-0.39, 0.29) is 5.92 Å². The first-order valence-corrected chi connectivity index (χ1v) is 4.48. The molecule has 0 heterocycles. The van der Waals surface area contributed by atoms with E-state index in [0.717, 1.165) is 24.7 Å². The third-order valence-corrected chi connectivity index (χ3v) is 3.23. The molecule has 0 aromatic heterocycles. The maximum Gasteiger partial charge on any atom is 0.306 e. The number of carboxylic acids is 1. The molecule has 2 unspecified atom stereocenters. The van der Waals surface area contributed by atoms with Crippen LogP contribution in [-0.4, -0.2) is 11.1 Å². The predicted molar refractivity (Wildman–Crippen MR) is 41.2 cm³/mol. The van der Waals surface area contributed by atoms with Crippen molar-refractivity contribution in [1.29, 1.82) is 0 Å². The van der Waals surface area contributed by atoms with Gasteiger partial charge in [-0.15, -0.1) is 0 Å². The first kappa shape index (κ1) is 7.14. The van der Waals surface area contributed by atoms with Crippen LogP contribution in [0.3, 0.4) is 0 Å². The molecule has 11 heavy (non-hydrogen) atoms. The summed E-state index contributed by atoms with van der Waals surface area (Å²) < 4.78 is 0. The van der Waals surface area contributed by atoms with E-state index in [0.29, 0.717) is 0 Å². The molecule has 0 spiro atoms. The van der Waals surface area contributed by atoms with Crippen molar-refractivity contribution in [2.75, 3.05) is 0 Å². The van der Waals surface area contributed by atoms with Crippen molar-refractivity contribution in [1.82, 2.24) is 0 Å². The summed E-state index contributed by atoms with van der Waals surface area (Å²) in [7, 11) is 0. The van der Waals surface area contributed by atoms with E-state index in [1.54, 1.807) is 0 Å². The molecule has 0 saturated heterocycles. The number of carbonyl (C=O) groups is 1. The Bertz CT molecular complexity index is 164. The summed E-state index contributed by atoms with van der Waals surface area (Å²) in [6.07, 6.45) is 5.78. The Morgan fingerprint density at radius 3 is 2.09 bits per heavy atom. The summed E-state index contributed by atoms with van der Waals surface area (Å²) in [4.78, 5) is 10.7. The molecule has 0 amide bonds. The second-order valence-electron chi connectivity index (χ2n) is 4.05. The monoisotopic (exact) mass is 154 g/mol. The second kappa shape index (κ2) is 2.50. The maximum atomic E-state index is 10.7. The van der Waals surface area contributed by atoms with Gasteiger partial charge in [-0.1, -0.05) is 12.8 Å². The molecule has 2 nitrogen and oxygen atoms in total. The molecule has 0 radical (unpaired) electrons. The summed E-state index contributed by atoms with van der Waals surface area (Å²) in [5, 5.41) is 8.80. The number of rotatable bonds is 1. The van der Waals surface area contributed by atoms with Gasteiger partial charge < -0.3 is 5.11 Å². The Labute approximate surface area is 66.6 Å². The van der Waals surface area contributed by atoms with E-state index >= 15 is 0 Å². The lowest BCUT2D eigenvalue weighted by atomic mass is 9.81. The predicted octanol–water partition coefficient (Wildman–Crippen LogP) is 1.90. The van der Waals surface area contributed by atoms with Gasteiger partial charge in [0.25, 0.3) is 0 Å². The van der Waals surface area contributed by atoms with Crippen LogP contribution in [-0.2, 0) is 4.79 Å². The standard InChI is InChI=1S/C9H14O2/c10-9(11)8-4-6-1-2-7(3-6)5-8/h6-8H,1-5H2,(H,10,11). The lowest BCUT2D eigenvalue weighted by molar-refractivity contribution is -0.143. The SMILES string of the molecule is O=C(O)C1CC2CCC(C2)C1. The maximum absolute atomic E-state index is 10.7. The van der Waals surface area contributed by atoms with Gasteiger partial charge in [-0.25, -0.2) is 0 Å². The third-order valence-electron chi connectivity index (χ3n) is 3.23. The molecule has 2 fully saturated rings. The van der Waals surface area contributed by atoms with Gasteiger partial charge >= 0.3 is 5.97 Å². The van der Waals surface area contributed by atoms with E-state index in [9.17, 15) is 4.79 Å². The molecule has 2 aliphatic carbocycles. The molecule has 0 aliphatic heterocycles. The molecule has 2 aliphatic rings. The fourth-order valence-corrected chi connectivity index (χ4v) is 2.71. The smallest absolute Gasteiger partial charge is 0.306 e.